The number of esters is 1. The Balaban J connectivity index is 1.57. The van der Waals surface area contributed by atoms with Gasteiger partial charge in [0, 0.05) is 12.3 Å². The Morgan fingerprint density at radius 2 is 1.96 bits per heavy atom. The number of amides is 2. The van der Waals surface area contributed by atoms with E-state index < -0.39 is 17.1 Å². The normalized spacial score (nSPS) is 27.4. The summed E-state index contributed by atoms with van der Waals surface area (Å²) in [6.07, 6.45) is 0.248. The lowest BCUT2D eigenvalue weighted by atomic mass is 9.89. The van der Waals surface area contributed by atoms with Gasteiger partial charge in [-0.1, -0.05) is 30.3 Å². The predicted octanol–water partition coefficient (Wildman–Crippen LogP) is 1.98. The molecule has 2 amide bonds. The largest absolute Gasteiger partial charge is 0.459 e. The number of benzene rings is 1. The van der Waals surface area contributed by atoms with Crippen LogP contribution in [0.2, 0.25) is 0 Å². The topological polar surface area (TPSA) is 75.7 Å². The molecule has 2 unspecified atom stereocenters. The van der Waals surface area contributed by atoms with E-state index in [-0.39, 0.29) is 29.6 Å². The SMILES string of the molecule is CC(C)(C)OC(=O)C1(C)CS[C@@H]2C(NC(=O)Cc3ccccc3)C(=O)N2C1. The van der Waals surface area contributed by atoms with Crippen LogP contribution in [0.4, 0.5) is 0 Å². The van der Waals surface area contributed by atoms with Crippen LogP contribution in [0.5, 0.6) is 0 Å². The molecular formula is C20H26N2O4S. The smallest absolute Gasteiger partial charge is 0.314 e. The first-order chi connectivity index (χ1) is 12.6. The Kier molecular flexibility index (Phi) is 5.25. The average Bonchev–Trinajstić information content (AvgIpc) is 2.59. The Bertz CT molecular complexity index is 746. The van der Waals surface area contributed by atoms with Gasteiger partial charge in [0.15, 0.2) is 0 Å². The Morgan fingerprint density at radius 3 is 2.59 bits per heavy atom. The summed E-state index contributed by atoms with van der Waals surface area (Å²) in [5.74, 6) is -0.0319. The molecule has 27 heavy (non-hydrogen) atoms. The van der Waals surface area contributed by atoms with Crippen molar-refractivity contribution in [2.24, 2.45) is 5.41 Å². The number of carbonyl (C=O) groups is 3. The molecule has 2 aliphatic rings. The number of nitrogens with zero attached hydrogens (tertiary/aromatic N) is 1. The lowest BCUT2D eigenvalue weighted by Gasteiger charge is -2.53. The number of hydrogen-bond donors (Lipinski definition) is 1. The van der Waals surface area contributed by atoms with E-state index in [9.17, 15) is 14.4 Å². The average molecular weight is 391 g/mol. The second-order valence-corrected chi connectivity index (χ2v) is 9.54. The predicted molar refractivity (Wildman–Crippen MR) is 104 cm³/mol. The van der Waals surface area contributed by atoms with Crippen molar-refractivity contribution < 1.29 is 19.1 Å². The van der Waals surface area contributed by atoms with Gasteiger partial charge in [-0.2, -0.15) is 0 Å². The Morgan fingerprint density at radius 1 is 1.30 bits per heavy atom. The fourth-order valence-electron chi connectivity index (χ4n) is 3.23. The highest BCUT2D eigenvalue weighted by Gasteiger charge is 2.56. The van der Waals surface area contributed by atoms with Gasteiger partial charge in [-0.05, 0) is 33.3 Å². The molecule has 0 spiro atoms. The lowest BCUT2D eigenvalue weighted by Crippen LogP contribution is -2.73. The lowest BCUT2D eigenvalue weighted by molar-refractivity contribution is -0.170. The van der Waals surface area contributed by atoms with E-state index in [1.54, 1.807) is 4.90 Å². The molecular weight excluding hydrogens is 364 g/mol. The van der Waals surface area contributed by atoms with Gasteiger partial charge in [-0.15, -0.1) is 11.8 Å². The van der Waals surface area contributed by atoms with E-state index >= 15 is 0 Å². The molecule has 1 aromatic rings. The van der Waals surface area contributed by atoms with Crippen molar-refractivity contribution in [2.75, 3.05) is 12.3 Å². The van der Waals surface area contributed by atoms with E-state index in [1.807, 2.05) is 58.0 Å². The van der Waals surface area contributed by atoms with Crippen molar-refractivity contribution in [1.29, 1.82) is 0 Å². The third-order valence-corrected chi connectivity index (χ3v) is 6.32. The van der Waals surface area contributed by atoms with E-state index in [0.29, 0.717) is 12.3 Å². The second kappa shape index (κ2) is 7.19. The van der Waals surface area contributed by atoms with E-state index in [2.05, 4.69) is 5.32 Å². The summed E-state index contributed by atoms with van der Waals surface area (Å²) in [5.41, 5.74) is -0.384. The van der Waals surface area contributed by atoms with Crippen molar-refractivity contribution in [2.45, 2.75) is 51.1 Å². The molecule has 2 saturated heterocycles. The highest BCUT2D eigenvalue weighted by molar-refractivity contribution is 8.00. The molecule has 2 aliphatic heterocycles. The van der Waals surface area contributed by atoms with Crippen molar-refractivity contribution in [3.63, 3.8) is 0 Å². The molecule has 3 rings (SSSR count). The minimum Gasteiger partial charge on any atom is -0.459 e. The first kappa shape index (κ1) is 19.7. The van der Waals surface area contributed by atoms with Crippen LogP contribution in [0.3, 0.4) is 0 Å². The first-order valence-electron chi connectivity index (χ1n) is 9.08. The number of nitrogens with one attached hydrogen (secondary N) is 1. The van der Waals surface area contributed by atoms with Crippen LogP contribution < -0.4 is 5.32 Å². The fraction of sp³-hybridized carbons (Fsp3) is 0.550. The summed E-state index contributed by atoms with van der Waals surface area (Å²) >= 11 is 1.52. The summed E-state index contributed by atoms with van der Waals surface area (Å²) < 4.78 is 5.52. The molecule has 2 fully saturated rings. The molecule has 0 aromatic heterocycles. The molecule has 1 N–H and O–H groups in total. The van der Waals surface area contributed by atoms with E-state index in [0.717, 1.165) is 5.56 Å². The maximum atomic E-state index is 12.5. The zero-order valence-electron chi connectivity index (χ0n) is 16.2. The number of hydrogen-bond acceptors (Lipinski definition) is 5. The summed E-state index contributed by atoms with van der Waals surface area (Å²) in [7, 11) is 0. The number of rotatable bonds is 4. The third-order valence-electron chi connectivity index (χ3n) is 4.65. The number of ether oxygens (including phenoxy) is 1. The summed E-state index contributed by atoms with van der Waals surface area (Å²) in [4.78, 5) is 39.0. The molecule has 0 aliphatic carbocycles. The van der Waals surface area contributed by atoms with Crippen LogP contribution in [0.1, 0.15) is 33.3 Å². The van der Waals surface area contributed by atoms with Gasteiger partial charge in [0.2, 0.25) is 11.8 Å². The van der Waals surface area contributed by atoms with E-state index in [4.69, 9.17) is 4.74 Å². The van der Waals surface area contributed by atoms with Gasteiger partial charge < -0.3 is 15.0 Å². The maximum absolute atomic E-state index is 12.5. The minimum absolute atomic E-state index is 0.118. The van der Waals surface area contributed by atoms with Crippen molar-refractivity contribution >= 4 is 29.5 Å². The summed E-state index contributed by atoms with van der Waals surface area (Å²) in [5, 5.41) is 2.72. The van der Waals surface area contributed by atoms with Crippen LogP contribution in [0, 0.1) is 5.41 Å². The molecule has 2 heterocycles. The number of thioether (sulfide) groups is 1. The van der Waals surface area contributed by atoms with Crippen LogP contribution >= 0.6 is 11.8 Å². The van der Waals surface area contributed by atoms with Gasteiger partial charge in [0.25, 0.3) is 0 Å². The Hall–Kier alpha value is -2.02. The summed E-state index contributed by atoms with van der Waals surface area (Å²) in [6.45, 7) is 7.66. The zero-order valence-corrected chi connectivity index (χ0v) is 17.0. The van der Waals surface area contributed by atoms with Crippen LogP contribution in [-0.2, 0) is 25.5 Å². The maximum Gasteiger partial charge on any atom is 0.314 e. The molecule has 1 aromatic carbocycles. The van der Waals surface area contributed by atoms with Gasteiger partial charge in [-0.25, -0.2) is 0 Å². The quantitative estimate of drug-likeness (QED) is 0.628. The number of carbonyl (C=O) groups excluding carboxylic acids is 3. The Labute approximate surface area is 164 Å². The van der Waals surface area contributed by atoms with E-state index in [1.165, 1.54) is 11.8 Å². The second-order valence-electron chi connectivity index (χ2n) is 8.44. The van der Waals surface area contributed by atoms with Crippen LogP contribution in [0.25, 0.3) is 0 Å². The van der Waals surface area contributed by atoms with Crippen molar-refractivity contribution in [3.05, 3.63) is 35.9 Å². The highest BCUT2D eigenvalue weighted by atomic mass is 32.2. The molecule has 6 nitrogen and oxygen atoms in total. The van der Waals surface area contributed by atoms with Crippen molar-refractivity contribution in [1.82, 2.24) is 10.2 Å². The number of fused-ring (bicyclic) bond motifs is 1. The summed E-state index contributed by atoms with van der Waals surface area (Å²) in [6, 6.07) is 8.91. The van der Waals surface area contributed by atoms with Crippen LogP contribution in [0.15, 0.2) is 30.3 Å². The van der Waals surface area contributed by atoms with Crippen molar-refractivity contribution in [3.8, 4) is 0 Å². The zero-order chi connectivity index (χ0) is 19.8. The molecule has 146 valence electrons. The van der Waals surface area contributed by atoms with Crippen LogP contribution in [-0.4, -0.2) is 52.0 Å². The minimum atomic E-state index is -0.733. The molecule has 3 atom stereocenters. The van der Waals surface area contributed by atoms with Gasteiger partial charge in [0.05, 0.1) is 11.8 Å². The van der Waals surface area contributed by atoms with Gasteiger partial charge >= 0.3 is 5.97 Å². The van der Waals surface area contributed by atoms with Gasteiger partial charge in [0.1, 0.15) is 17.0 Å². The first-order valence-corrected chi connectivity index (χ1v) is 10.1. The monoisotopic (exact) mass is 390 g/mol. The third kappa shape index (κ3) is 4.29. The molecule has 0 saturated carbocycles. The highest BCUT2D eigenvalue weighted by Crippen LogP contribution is 2.42. The fourth-order valence-corrected chi connectivity index (χ4v) is 4.72. The number of β-lactam (4-membered cyclic amide) rings is 1. The molecule has 0 radical (unpaired) electrons. The van der Waals surface area contributed by atoms with Gasteiger partial charge in [-0.3, -0.25) is 14.4 Å². The molecule has 7 heteroatoms. The standard InChI is InChI=1S/C20H26N2O4S/c1-19(2,3)26-18(25)20(4)11-22-16(24)15(17(22)27-12-20)21-14(23)10-13-8-6-5-7-9-13/h5-9,15,17H,10-12H2,1-4H3,(H,21,23)/t15?,17-,20?/m1/s1. The molecule has 0 bridgehead atoms.